The average Bonchev–Trinajstić information content (AvgIpc) is 2.94. The van der Waals surface area contributed by atoms with Gasteiger partial charge < -0.3 is 10.6 Å². The second-order valence-electron chi connectivity index (χ2n) is 5.71. The van der Waals surface area contributed by atoms with Crippen molar-refractivity contribution in [1.29, 1.82) is 0 Å². The van der Waals surface area contributed by atoms with Gasteiger partial charge in [0.05, 0.1) is 5.56 Å². The maximum absolute atomic E-state index is 12.5. The van der Waals surface area contributed by atoms with Crippen LogP contribution in [-0.4, -0.2) is 43.0 Å². The van der Waals surface area contributed by atoms with Crippen molar-refractivity contribution in [2.45, 2.75) is 39.7 Å². The van der Waals surface area contributed by atoms with Crippen LogP contribution < -0.4 is 10.6 Å². The highest BCUT2D eigenvalue weighted by atomic mass is 16.1. The lowest BCUT2D eigenvalue weighted by Gasteiger charge is -2.23. The fourth-order valence-electron chi connectivity index (χ4n) is 3.04. The van der Waals surface area contributed by atoms with Crippen LogP contribution in [0.4, 0.5) is 5.69 Å². The van der Waals surface area contributed by atoms with Crippen molar-refractivity contribution in [2.24, 2.45) is 0 Å². The van der Waals surface area contributed by atoms with Gasteiger partial charge in [-0.15, -0.1) is 0 Å². The summed E-state index contributed by atoms with van der Waals surface area (Å²) in [6, 6.07) is 6.47. The van der Waals surface area contributed by atoms with E-state index in [2.05, 4.69) is 22.5 Å². The van der Waals surface area contributed by atoms with Crippen LogP contribution >= 0.6 is 0 Å². The molecule has 4 heteroatoms. The summed E-state index contributed by atoms with van der Waals surface area (Å²) in [4.78, 5) is 14.9. The van der Waals surface area contributed by atoms with E-state index in [9.17, 15) is 4.79 Å². The van der Waals surface area contributed by atoms with Gasteiger partial charge >= 0.3 is 0 Å². The van der Waals surface area contributed by atoms with Crippen LogP contribution in [0.25, 0.3) is 0 Å². The van der Waals surface area contributed by atoms with Gasteiger partial charge in [0.2, 0.25) is 0 Å². The van der Waals surface area contributed by atoms with E-state index in [1.54, 1.807) is 0 Å². The summed E-state index contributed by atoms with van der Waals surface area (Å²) in [5, 5.41) is 6.37. The predicted octanol–water partition coefficient (Wildman–Crippen LogP) is 2.64. The maximum Gasteiger partial charge on any atom is 0.253 e. The highest BCUT2D eigenvalue weighted by Crippen LogP contribution is 2.19. The minimum atomic E-state index is 0.0256. The number of likely N-dealkylation sites (N-methyl/N-ethyl adjacent to an activating group) is 1. The molecule has 1 aromatic rings. The molecule has 0 aromatic heterocycles. The van der Waals surface area contributed by atoms with E-state index in [0.29, 0.717) is 6.04 Å². The lowest BCUT2D eigenvalue weighted by molar-refractivity contribution is 0.0942. The van der Waals surface area contributed by atoms with Crippen LogP contribution in [0.1, 0.15) is 42.6 Å². The molecule has 0 spiro atoms. The monoisotopic (exact) mass is 289 g/mol. The molecule has 1 aliphatic rings. The molecule has 1 fully saturated rings. The largest absolute Gasteiger partial charge is 0.385 e. The van der Waals surface area contributed by atoms with Gasteiger partial charge in [0.25, 0.3) is 5.91 Å². The predicted molar refractivity (Wildman–Crippen MR) is 87.9 cm³/mol. The van der Waals surface area contributed by atoms with E-state index in [0.717, 1.165) is 43.0 Å². The second-order valence-corrected chi connectivity index (χ2v) is 5.71. The van der Waals surface area contributed by atoms with Crippen LogP contribution in [0.5, 0.6) is 0 Å². The van der Waals surface area contributed by atoms with Gasteiger partial charge in [-0.2, -0.15) is 0 Å². The van der Waals surface area contributed by atoms with Crippen LogP contribution in [0.15, 0.2) is 18.2 Å². The molecule has 1 atom stereocenters. The molecule has 4 nitrogen and oxygen atoms in total. The number of hydrogen-bond donors (Lipinski definition) is 2. The Morgan fingerprint density at radius 3 is 2.90 bits per heavy atom. The van der Waals surface area contributed by atoms with Crippen LogP contribution in [0.2, 0.25) is 0 Å². The molecular weight excluding hydrogens is 262 g/mol. The summed E-state index contributed by atoms with van der Waals surface area (Å²) < 4.78 is 0. The van der Waals surface area contributed by atoms with Crippen LogP contribution in [0, 0.1) is 6.92 Å². The summed E-state index contributed by atoms with van der Waals surface area (Å²) in [7, 11) is 0. The number of rotatable bonds is 6. The molecule has 1 amide bonds. The van der Waals surface area contributed by atoms with Crippen molar-refractivity contribution in [3.63, 3.8) is 0 Å². The third-order valence-corrected chi connectivity index (χ3v) is 4.19. The Hall–Kier alpha value is -1.55. The zero-order valence-electron chi connectivity index (χ0n) is 13.4. The van der Waals surface area contributed by atoms with E-state index in [1.165, 1.54) is 12.8 Å². The van der Waals surface area contributed by atoms with E-state index in [-0.39, 0.29) is 5.91 Å². The van der Waals surface area contributed by atoms with E-state index < -0.39 is 0 Å². The Labute approximate surface area is 127 Å². The first-order valence-corrected chi connectivity index (χ1v) is 8.02. The molecule has 0 bridgehead atoms. The highest BCUT2D eigenvalue weighted by molar-refractivity contribution is 5.99. The first kappa shape index (κ1) is 15.8. The number of hydrogen-bond acceptors (Lipinski definition) is 3. The molecule has 1 saturated heterocycles. The minimum absolute atomic E-state index is 0.0256. The van der Waals surface area contributed by atoms with Gasteiger partial charge in [-0.1, -0.05) is 18.6 Å². The number of amides is 1. The summed E-state index contributed by atoms with van der Waals surface area (Å²) in [6.07, 6.45) is 2.42. The normalized spacial score (nSPS) is 18.7. The Balaban J connectivity index is 2.01. The average molecular weight is 289 g/mol. The third kappa shape index (κ3) is 3.97. The second kappa shape index (κ2) is 7.46. The standard InChI is InChI=1S/C17H27N3O/c1-4-18-16-9-8-13(3)11-15(16)17(21)19-12-14-7-6-10-20(14)5-2/h8-9,11,14,18H,4-7,10,12H2,1-3H3,(H,19,21). The quantitative estimate of drug-likeness (QED) is 0.846. The molecular formula is C17H27N3O. The molecule has 116 valence electrons. The third-order valence-electron chi connectivity index (χ3n) is 4.19. The highest BCUT2D eigenvalue weighted by Gasteiger charge is 2.23. The number of aryl methyl sites for hydroxylation is 1. The Bertz CT molecular complexity index is 487. The number of likely N-dealkylation sites (tertiary alicyclic amines) is 1. The molecule has 1 unspecified atom stereocenters. The number of nitrogens with zero attached hydrogens (tertiary/aromatic N) is 1. The first-order valence-electron chi connectivity index (χ1n) is 8.02. The Kier molecular flexibility index (Phi) is 5.62. The lowest BCUT2D eigenvalue weighted by Crippen LogP contribution is -2.40. The van der Waals surface area contributed by atoms with E-state index in [4.69, 9.17) is 0 Å². The number of carbonyl (C=O) groups is 1. The Morgan fingerprint density at radius 1 is 1.38 bits per heavy atom. The molecule has 21 heavy (non-hydrogen) atoms. The Morgan fingerprint density at radius 2 is 2.19 bits per heavy atom. The number of carbonyl (C=O) groups excluding carboxylic acids is 1. The number of anilines is 1. The van der Waals surface area contributed by atoms with Gasteiger partial charge in [0, 0.05) is 24.8 Å². The van der Waals surface area contributed by atoms with Crippen molar-refractivity contribution >= 4 is 11.6 Å². The summed E-state index contributed by atoms with van der Waals surface area (Å²) >= 11 is 0. The van der Waals surface area contributed by atoms with Crippen LogP contribution in [-0.2, 0) is 0 Å². The maximum atomic E-state index is 12.5. The smallest absolute Gasteiger partial charge is 0.253 e. The zero-order valence-corrected chi connectivity index (χ0v) is 13.4. The lowest BCUT2D eigenvalue weighted by atomic mass is 10.1. The van der Waals surface area contributed by atoms with E-state index >= 15 is 0 Å². The molecule has 0 radical (unpaired) electrons. The van der Waals surface area contributed by atoms with Crippen LogP contribution in [0.3, 0.4) is 0 Å². The van der Waals surface area contributed by atoms with Crippen molar-refractivity contribution in [3.8, 4) is 0 Å². The van der Waals surface area contributed by atoms with Crippen molar-refractivity contribution in [1.82, 2.24) is 10.2 Å². The molecule has 0 aliphatic carbocycles. The van der Waals surface area contributed by atoms with Crippen molar-refractivity contribution in [2.75, 3.05) is 31.5 Å². The summed E-state index contributed by atoms with van der Waals surface area (Å²) in [5.41, 5.74) is 2.77. The summed E-state index contributed by atoms with van der Waals surface area (Å²) in [5.74, 6) is 0.0256. The van der Waals surface area contributed by atoms with Gasteiger partial charge in [0.1, 0.15) is 0 Å². The minimum Gasteiger partial charge on any atom is -0.385 e. The van der Waals surface area contributed by atoms with Gasteiger partial charge in [0.15, 0.2) is 0 Å². The molecule has 2 rings (SSSR count). The zero-order chi connectivity index (χ0) is 15.2. The van der Waals surface area contributed by atoms with E-state index in [1.807, 2.05) is 32.0 Å². The fraction of sp³-hybridized carbons (Fsp3) is 0.588. The number of benzene rings is 1. The SMILES string of the molecule is CCNc1ccc(C)cc1C(=O)NCC1CCCN1CC. The molecule has 1 aromatic carbocycles. The van der Waals surface area contributed by atoms with Gasteiger partial charge in [-0.25, -0.2) is 0 Å². The molecule has 1 heterocycles. The summed E-state index contributed by atoms with van der Waals surface area (Å²) in [6.45, 7) is 10.0. The first-order chi connectivity index (χ1) is 10.2. The number of nitrogens with one attached hydrogen (secondary N) is 2. The molecule has 2 N–H and O–H groups in total. The van der Waals surface area contributed by atoms with Gasteiger partial charge in [-0.3, -0.25) is 9.69 Å². The molecule has 0 saturated carbocycles. The topological polar surface area (TPSA) is 44.4 Å². The fourth-order valence-corrected chi connectivity index (χ4v) is 3.04. The van der Waals surface area contributed by atoms with Crippen molar-refractivity contribution < 1.29 is 4.79 Å². The molecule has 1 aliphatic heterocycles. The van der Waals surface area contributed by atoms with Gasteiger partial charge in [-0.05, 0) is 51.9 Å². The van der Waals surface area contributed by atoms with Crippen molar-refractivity contribution in [3.05, 3.63) is 29.3 Å².